The van der Waals surface area contributed by atoms with Crippen molar-refractivity contribution in [1.82, 2.24) is 19.5 Å². The van der Waals surface area contributed by atoms with Crippen molar-refractivity contribution in [3.05, 3.63) is 206 Å². The minimum absolute atomic E-state index is 0.538. The average Bonchev–Trinajstić information content (AvgIpc) is 4.03. The van der Waals surface area contributed by atoms with Crippen LogP contribution < -0.4 is 0 Å². The molecule has 9 aromatic carbocycles. The van der Waals surface area contributed by atoms with E-state index in [9.17, 15) is 0 Å². The number of nitrogens with zero attached hydrogens (tertiary/aromatic N) is 4. The number of para-hydroxylation sites is 4. The van der Waals surface area contributed by atoms with Crippen molar-refractivity contribution in [2.75, 3.05) is 0 Å². The Labute approximate surface area is 361 Å². The lowest BCUT2D eigenvalue weighted by molar-refractivity contribution is 0.668. The molecular weight excluding hydrogens is 773 g/mol. The number of hydrogen-bond donors (Lipinski definition) is 0. The number of benzene rings is 9. The van der Waals surface area contributed by atoms with Gasteiger partial charge in [-0.05, 0) is 77.4 Å². The zero-order chi connectivity index (χ0) is 41.4. The molecule has 0 unspecified atom stereocenters. The number of aromatic nitrogens is 4. The highest BCUT2D eigenvalue weighted by atomic mass is 16.3. The summed E-state index contributed by atoms with van der Waals surface area (Å²) in [6.07, 6.45) is 0. The number of rotatable bonds is 6. The first-order valence-corrected chi connectivity index (χ1v) is 21.1. The Balaban J connectivity index is 0.956. The van der Waals surface area contributed by atoms with E-state index in [4.69, 9.17) is 23.8 Å². The second-order valence-electron chi connectivity index (χ2n) is 15.9. The summed E-state index contributed by atoms with van der Waals surface area (Å²) in [5.41, 5.74) is 13.7. The van der Waals surface area contributed by atoms with Gasteiger partial charge in [-0.15, -0.1) is 0 Å². The lowest BCUT2D eigenvalue weighted by atomic mass is 9.99. The SMILES string of the molecule is c1ccc(-c2ccc3c(c2)c2cccc(-c4ccc5c(c4)oc4cc(-c6nc(-c7ccccc7)nc(-c7cccc8c7oc7ccccc78)n6)ccc45)c2n3-c2ccccc2)cc1. The van der Waals surface area contributed by atoms with Gasteiger partial charge in [0, 0.05) is 54.7 Å². The summed E-state index contributed by atoms with van der Waals surface area (Å²) in [4.78, 5) is 15.2. The number of fused-ring (bicyclic) bond motifs is 9. The van der Waals surface area contributed by atoms with Gasteiger partial charge < -0.3 is 13.4 Å². The van der Waals surface area contributed by atoms with Crippen molar-refractivity contribution < 1.29 is 8.83 Å². The molecule has 0 aliphatic carbocycles. The predicted molar refractivity (Wildman–Crippen MR) is 256 cm³/mol. The van der Waals surface area contributed by atoms with Crippen LogP contribution in [0.4, 0.5) is 0 Å². The fourth-order valence-corrected chi connectivity index (χ4v) is 9.31. The maximum Gasteiger partial charge on any atom is 0.167 e. The topological polar surface area (TPSA) is 69.9 Å². The molecule has 0 radical (unpaired) electrons. The van der Waals surface area contributed by atoms with Gasteiger partial charge in [0.05, 0.1) is 16.6 Å². The molecule has 0 amide bonds. The summed E-state index contributed by atoms with van der Waals surface area (Å²) in [6.45, 7) is 0. The van der Waals surface area contributed by atoms with E-state index in [1.807, 2.05) is 66.7 Å². The normalized spacial score (nSPS) is 11.8. The van der Waals surface area contributed by atoms with Gasteiger partial charge in [-0.3, -0.25) is 0 Å². The van der Waals surface area contributed by atoms with Gasteiger partial charge in [0.15, 0.2) is 17.5 Å². The van der Waals surface area contributed by atoms with Gasteiger partial charge in [0.1, 0.15) is 22.3 Å². The molecule has 6 heteroatoms. The summed E-state index contributed by atoms with van der Waals surface area (Å²) < 4.78 is 15.6. The van der Waals surface area contributed by atoms with E-state index in [1.54, 1.807) is 0 Å². The zero-order valence-electron chi connectivity index (χ0n) is 33.7. The van der Waals surface area contributed by atoms with Gasteiger partial charge in [-0.2, -0.15) is 0 Å². The van der Waals surface area contributed by atoms with Crippen molar-refractivity contribution >= 4 is 65.7 Å². The predicted octanol–water partition coefficient (Wildman–Crippen LogP) is 15.1. The molecule has 0 aliphatic rings. The standard InChI is InChI=1S/C57H34N4O2/c1-4-14-35(15-5-1)37-28-31-49-48(32-37)45-22-12-21-41(53(45)61(49)40-18-8-3-9-19-40)38-26-29-43-44-30-27-39(34-52(44)62-51(43)33-38)56-58-55(36-16-6-2-7-17-36)59-57(60-56)47-24-13-23-46-42-20-10-11-25-50(42)63-54(46)47/h1-34H. The molecule has 0 atom stereocenters. The van der Waals surface area contributed by atoms with Crippen LogP contribution in [0.5, 0.6) is 0 Å². The fraction of sp³-hybridized carbons (Fsp3) is 0. The highest BCUT2D eigenvalue weighted by Crippen LogP contribution is 2.42. The first-order chi connectivity index (χ1) is 31.2. The molecule has 0 saturated carbocycles. The highest BCUT2D eigenvalue weighted by Gasteiger charge is 2.21. The van der Waals surface area contributed by atoms with Crippen LogP contribution in [0.25, 0.3) is 128 Å². The van der Waals surface area contributed by atoms with Crippen molar-refractivity contribution in [3.8, 4) is 62.1 Å². The summed E-state index contributed by atoms with van der Waals surface area (Å²) >= 11 is 0. The van der Waals surface area contributed by atoms with Crippen LogP contribution in [0.1, 0.15) is 0 Å². The van der Waals surface area contributed by atoms with Gasteiger partial charge in [-0.1, -0.05) is 146 Å². The molecule has 0 bridgehead atoms. The highest BCUT2D eigenvalue weighted by molar-refractivity contribution is 6.16. The Morgan fingerprint density at radius 2 is 0.889 bits per heavy atom. The molecule has 13 aromatic rings. The lowest BCUT2D eigenvalue weighted by Crippen LogP contribution is -2.00. The molecule has 0 aliphatic heterocycles. The Morgan fingerprint density at radius 3 is 1.67 bits per heavy atom. The monoisotopic (exact) mass is 806 g/mol. The molecule has 0 spiro atoms. The second kappa shape index (κ2) is 14.0. The van der Waals surface area contributed by atoms with Crippen molar-refractivity contribution in [2.24, 2.45) is 0 Å². The maximum absolute atomic E-state index is 6.76. The van der Waals surface area contributed by atoms with Gasteiger partial charge in [0.2, 0.25) is 0 Å². The van der Waals surface area contributed by atoms with E-state index in [1.165, 1.54) is 21.9 Å². The molecule has 4 aromatic heterocycles. The van der Waals surface area contributed by atoms with Crippen LogP contribution in [-0.2, 0) is 0 Å². The van der Waals surface area contributed by atoms with Crippen LogP contribution in [0.3, 0.4) is 0 Å². The van der Waals surface area contributed by atoms with Crippen LogP contribution in [0, 0.1) is 0 Å². The number of furan rings is 2. The summed E-state index contributed by atoms with van der Waals surface area (Å²) in [6, 6.07) is 71.7. The Kier molecular flexibility index (Phi) is 7.80. The fourth-order valence-electron chi connectivity index (χ4n) is 9.31. The second-order valence-corrected chi connectivity index (χ2v) is 15.9. The van der Waals surface area contributed by atoms with Crippen LogP contribution in [0.15, 0.2) is 215 Å². The minimum atomic E-state index is 0.538. The Hall–Kier alpha value is -8.61. The van der Waals surface area contributed by atoms with Gasteiger partial charge in [0.25, 0.3) is 0 Å². The quantitative estimate of drug-likeness (QED) is 0.167. The van der Waals surface area contributed by atoms with Crippen LogP contribution in [-0.4, -0.2) is 19.5 Å². The molecule has 13 rings (SSSR count). The summed E-state index contributed by atoms with van der Waals surface area (Å²) in [5.74, 6) is 1.67. The van der Waals surface area contributed by atoms with E-state index in [0.717, 1.165) is 88.4 Å². The molecule has 0 fully saturated rings. The molecule has 294 valence electrons. The third kappa shape index (κ3) is 5.69. The first kappa shape index (κ1) is 35.2. The molecule has 0 N–H and O–H groups in total. The minimum Gasteiger partial charge on any atom is -0.456 e. The third-order valence-electron chi connectivity index (χ3n) is 12.3. The van der Waals surface area contributed by atoms with E-state index in [-0.39, 0.29) is 0 Å². The summed E-state index contributed by atoms with van der Waals surface area (Å²) in [7, 11) is 0. The van der Waals surface area contributed by atoms with Crippen LogP contribution >= 0.6 is 0 Å². The molecule has 0 saturated heterocycles. The van der Waals surface area contributed by atoms with Crippen LogP contribution in [0.2, 0.25) is 0 Å². The molecule has 4 heterocycles. The van der Waals surface area contributed by atoms with E-state index in [0.29, 0.717) is 17.5 Å². The Morgan fingerprint density at radius 1 is 0.317 bits per heavy atom. The largest absolute Gasteiger partial charge is 0.456 e. The van der Waals surface area contributed by atoms with Crippen molar-refractivity contribution in [1.29, 1.82) is 0 Å². The van der Waals surface area contributed by atoms with E-state index in [2.05, 4.69) is 144 Å². The van der Waals surface area contributed by atoms with E-state index < -0.39 is 0 Å². The molecule has 63 heavy (non-hydrogen) atoms. The van der Waals surface area contributed by atoms with Gasteiger partial charge in [-0.25, -0.2) is 15.0 Å². The average molecular weight is 807 g/mol. The Bertz CT molecular complexity index is 3900. The van der Waals surface area contributed by atoms with Crippen molar-refractivity contribution in [2.45, 2.75) is 0 Å². The summed E-state index contributed by atoms with van der Waals surface area (Å²) in [5, 5.41) is 6.54. The third-order valence-corrected chi connectivity index (χ3v) is 12.3. The lowest BCUT2D eigenvalue weighted by Gasteiger charge is -2.12. The maximum atomic E-state index is 6.76. The van der Waals surface area contributed by atoms with Crippen molar-refractivity contribution in [3.63, 3.8) is 0 Å². The van der Waals surface area contributed by atoms with E-state index >= 15 is 0 Å². The first-order valence-electron chi connectivity index (χ1n) is 21.1. The van der Waals surface area contributed by atoms with Gasteiger partial charge >= 0.3 is 0 Å². The molecule has 6 nitrogen and oxygen atoms in total. The zero-order valence-corrected chi connectivity index (χ0v) is 33.7. The smallest absolute Gasteiger partial charge is 0.167 e. The number of hydrogen-bond acceptors (Lipinski definition) is 5. The molecular formula is C57H34N4O2.